The highest BCUT2D eigenvalue weighted by Crippen LogP contribution is 2.30. The van der Waals surface area contributed by atoms with Gasteiger partial charge in [0.2, 0.25) is 5.91 Å². The summed E-state index contributed by atoms with van der Waals surface area (Å²) in [6.07, 6.45) is 5.88. The standard InChI is InChI=1S/C22H29FN4O3/c23-17-7-3-5-15(11-17)14-27-21(29)18(25-22(27)30)12-20(28)24-13-16-6-4-10-26-9-2-1-8-19(16)26/h3,5,7,11,16,18-19H,1-2,4,6,8-10,12-14H2,(H,24,28)(H,25,30)/t16-,18-,19-/m0/s1. The van der Waals surface area contributed by atoms with Crippen LogP contribution in [0, 0.1) is 11.7 Å². The van der Waals surface area contributed by atoms with Gasteiger partial charge in [0.25, 0.3) is 5.91 Å². The predicted molar refractivity (Wildman–Crippen MR) is 109 cm³/mol. The molecule has 0 bridgehead atoms. The molecule has 0 aromatic heterocycles. The number of halogens is 1. The number of fused-ring (bicyclic) bond motifs is 1. The number of amides is 4. The number of benzene rings is 1. The van der Waals surface area contributed by atoms with Crippen LogP contribution in [0.2, 0.25) is 0 Å². The highest BCUT2D eigenvalue weighted by Gasteiger charge is 2.39. The minimum atomic E-state index is -0.872. The Hall–Kier alpha value is -2.48. The molecule has 3 heterocycles. The molecule has 3 aliphatic heterocycles. The molecule has 0 radical (unpaired) electrons. The fraction of sp³-hybridized carbons (Fsp3) is 0.591. The van der Waals surface area contributed by atoms with Crippen LogP contribution < -0.4 is 10.6 Å². The Morgan fingerprint density at radius 2 is 2.00 bits per heavy atom. The maximum absolute atomic E-state index is 13.4. The Kier molecular flexibility index (Phi) is 6.32. The number of carbonyl (C=O) groups excluding carboxylic acids is 3. The van der Waals surface area contributed by atoms with Crippen molar-refractivity contribution in [2.24, 2.45) is 5.92 Å². The summed E-state index contributed by atoms with van der Waals surface area (Å²) < 4.78 is 13.4. The van der Waals surface area contributed by atoms with Crippen molar-refractivity contribution < 1.29 is 18.8 Å². The van der Waals surface area contributed by atoms with E-state index in [0.717, 1.165) is 30.8 Å². The number of nitrogens with one attached hydrogen (secondary N) is 2. The number of imide groups is 1. The molecular weight excluding hydrogens is 387 g/mol. The van der Waals surface area contributed by atoms with Gasteiger partial charge in [-0.3, -0.25) is 14.5 Å². The molecule has 4 amide bonds. The summed E-state index contributed by atoms with van der Waals surface area (Å²) in [7, 11) is 0. The largest absolute Gasteiger partial charge is 0.356 e. The quantitative estimate of drug-likeness (QED) is 0.696. The Morgan fingerprint density at radius 3 is 2.83 bits per heavy atom. The number of carbonyl (C=O) groups is 3. The van der Waals surface area contributed by atoms with E-state index in [-0.39, 0.29) is 18.9 Å². The third-order valence-electron chi connectivity index (χ3n) is 6.52. The maximum atomic E-state index is 13.4. The smallest absolute Gasteiger partial charge is 0.325 e. The van der Waals surface area contributed by atoms with Crippen molar-refractivity contribution in [1.29, 1.82) is 0 Å². The minimum absolute atomic E-state index is 0.0138. The highest BCUT2D eigenvalue weighted by atomic mass is 19.1. The zero-order valence-electron chi connectivity index (χ0n) is 17.1. The van der Waals surface area contributed by atoms with Gasteiger partial charge in [0, 0.05) is 12.6 Å². The first-order valence-corrected chi connectivity index (χ1v) is 10.9. The number of hydrogen-bond donors (Lipinski definition) is 2. The number of nitrogens with zero attached hydrogens (tertiary/aromatic N) is 2. The van der Waals surface area contributed by atoms with Crippen molar-refractivity contribution in [3.63, 3.8) is 0 Å². The van der Waals surface area contributed by atoms with E-state index in [1.165, 1.54) is 37.5 Å². The Bertz CT molecular complexity index is 815. The predicted octanol–water partition coefficient (Wildman–Crippen LogP) is 2.02. The van der Waals surface area contributed by atoms with Crippen LogP contribution in [0.1, 0.15) is 44.1 Å². The van der Waals surface area contributed by atoms with Crippen LogP contribution in [-0.4, -0.2) is 59.4 Å². The summed E-state index contributed by atoms with van der Waals surface area (Å²) in [5, 5.41) is 5.56. The number of rotatable bonds is 6. The lowest BCUT2D eigenvalue weighted by atomic mass is 9.83. The second-order valence-electron chi connectivity index (χ2n) is 8.57. The van der Waals surface area contributed by atoms with E-state index in [0.29, 0.717) is 24.1 Å². The number of hydrogen-bond acceptors (Lipinski definition) is 4. The molecule has 30 heavy (non-hydrogen) atoms. The molecule has 3 aliphatic rings. The van der Waals surface area contributed by atoms with Gasteiger partial charge < -0.3 is 15.5 Å². The summed E-state index contributed by atoms with van der Waals surface area (Å²) in [5.41, 5.74) is 0.526. The summed E-state index contributed by atoms with van der Waals surface area (Å²) in [6.45, 7) is 2.90. The lowest BCUT2D eigenvalue weighted by molar-refractivity contribution is -0.131. The third kappa shape index (κ3) is 4.64. The van der Waals surface area contributed by atoms with Crippen molar-refractivity contribution in [2.45, 2.75) is 57.2 Å². The van der Waals surface area contributed by atoms with E-state index in [9.17, 15) is 18.8 Å². The zero-order chi connectivity index (χ0) is 21.1. The maximum Gasteiger partial charge on any atom is 0.325 e. The van der Waals surface area contributed by atoms with Crippen molar-refractivity contribution in [2.75, 3.05) is 19.6 Å². The normalized spacial score (nSPS) is 27.0. The van der Waals surface area contributed by atoms with E-state index < -0.39 is 23.8 Å². The number of piperidine rings is 2. The van der Waals surface area contributed by atoms with Crippen LogP contribution in [-0.2, 0) is 16.1 Å². The first-order chi connectivity index (χ1) is 14.5. The molecule has 3 fully saturated rings. The minimum Gasteiger partial charge on any atom is -0.356 e. The fourth-order valence-electron chi connectivity index (χ4n) is 5.00. The van der Waals surface area contributed by atoms with Gasteiger partial charge in [0.1, 0.15) is 11.9 Å². The van der Waals surface area contributed by atoms with Crippen molar-refractivity contribution in [1.82, 2.24) is 20.4 Å². The van der Waals surface area contributed by atoms with Gasteiger partial charge in [-0.1, -0.05) is 18.6 Å². The zero-order valence-corrected chi connectivity index (χ0v) is 17.1. The van der Waals surface area contributed by atoms with E-state index in [2.05, 4.69) is 15.5 Å². The molecule has 0 saturated carbocycles. The van der Waals surface area contributed by atoms with Gasteiger partial charge >= 0.3 is 6.03 Å². The molecule has 162 valence electrons. The van der Waals surface area contributed by atoms with Crippen LogP contribution in [0.3, 0.4) is 0 Å². The molecule has 4 rings (SSSR count). The van der Waals surface area contributed by atoms with E-state index in [1.54, 1.807) is 6.07 Å². The van der Waals surface area contributed by atoms with Crippen molar-refractivity contribution >= 4 is 17.8 Å². The molecular formula is C22H29FN4O3. The Morgan fingerprint density at radius 1 is 1.17 bits per heavy atom. The van der Waals surface area contributed by atoms with Gasteiger partial charge in [0.15, 0.2) is 0 Å². The first kappa shape index (κ1) is 20.8. The second kappa shape index (κ2) is 9.12. The topological polar surface area (TPSA) is 81.8 Å². The van der Waals surface area contributed by atoms with Crippen molar-refractivity contribution in [3.05, 3.63) is 35.6 Å². The van der Waals surface area contributed by atoms with Gasteiger partial charge in [-0.15, -0.1) is 0 Å². The van der Waals surface area contributed by atoms with Crippen molar-refractivity contribution in [3.8, 4) is 0 Å². The van der Waals surface area contributed by atoms with Crippen LogP contribution in [0.15, 0.2) is 24.3 Å². The molecule has 7 nitrogen and oxygen atoms in total. The molecule has 0 aliphatic carbocycles. The van der Waals surface area contributed by atoms with Crippen LogP contribution in [0.25, 0.3) is 0 Å². The second-order valence-corrected chi connectivity index (χ2v) is 8.57. The summed E-state index contributed by atoms with van der Waals surface area (Å²) in [5.74, 6) is -0.652. The van der Waals surface area contributed by atoms with Crippen LogP contribution in [0.4, 0.5) is 9.18 Å². The molecule has 0 unspecified atom stereocenters. The lowest BCUT2D eigenvalue weighted by Gasteiger charge is -2.44. The summed E-state index contributed by atoms with van der Waals surface area (Å²) in [4.78, 5) is 40.8. The SMILES string of the molecule is O=C(C[C@@H]1NC(=O)N(Cc2cccc(F)c2)C1=O)NC[C@@H]1CCCN2CCCC[C@@H]12. The molecule has 2 N–H and O–H groups in total. The van der Waals surface area contributed by atoms with Gasteiger partial charge in [-0.25, -0.2) is 9.18 Å². The first-order valence-electron chi connectivity index (χ1n) is 10.9. The summed E-state index contributed by atoms with van der Waals surface area (Å²) in [6, 6.07) is 4.91. The van der Waals surface area contributed by atoms with E-state index in [4.69, 9.17) is 0 Å². The monoisotopic (exact) mass is 416 g/mol. The van der Waals surface area contributed by atoms with Gasteiger partial charge in [-0.2, -0.15) is 0 Å². The highest BCUT2D eigenvalue weighted by molar-refractivity contribution is 6.05. The lowest BCUT2D eigenvalue weighted by Crippen LogP contribution is -2.51. The molecule has 8 heteroatoms. The van der Waals surface area contributed by atoms with Gasteiger partial charge in [-0.05, 0) is 62.4 Å². The molecule has 0 spiro atoms. The van der Waals surface area contributed by atoms with Gasteiger partial charge in [0.05, 0.1) is 13.0 Å². The van der Waals surface area contributed by atoms with Crippen LogP contribution in [0.5, 0.6) is 0 Å². The molecule has 1 aromatic carbocycles. The Balaban J connectivity index is 1.28. The third-order valence-corrected chi connectivity index (χ3v) is 6.52. The molecule has 3 saturated heterocycles. The van der Waals surface area contributed by atoms with E-state index in [1.807, 2.05) is 0 Å². The summed E-state index contributed by atoms with van der Waals surface area (Å²) >= 11 is 0. The average molecular weight is 416 g/mol. The fourth-order valence-corrected chi connectivity index (χ4v) is 5.00. The molecule has 1 aromatic rings. The average Bonchev–Trinajstić information content (AvgIpc) is 2.99. The molecule has 3 atom stereocenters. The van der Waals surface area contributed by atoms with E-state index >= 15 is 0 Å². The Labute approximate surface area is 176 Å². The van der Waals surface area contributed by atoms with Crippen LogP contribution >= 0.6 is 0 Å². The number of urea groups is 1.